The van der Waals surface area contributed by atoms with Gasteiger partial charge in [-0.15, -0.1) is 0 Å². The van der Waals surface area contributed by atoms with E-state index in [9.17, 15) is 13.6 Å². The standard InChI is InChI=1S/C23H22F2N4O3/c1-15-13-28(9-10-29(15)23(30)17-5-3-4-6-20(17)31-2)21-12-22(27-14-26-21)32-16-7-8-18(24)19(25)11-16/h3-8,11-12,14-15H,9-10,13H2,1-2H3/t15-/m1/s1. The maximum Gasteiger partial charge on any atom is 0.257 e. The van der Waals surface area contributed by atoms with Crippen molar-refractivity contribution in [1.29, 1.82) is 0 Å². The van der Waals surface area contributed by atoms with Crippen molar-refractivity contribution in [2.75, 3.05) is 31.6 Å². The van der Waals surface area contributed by atoms with Gasteiger partial charge in [-0.25, -0.2) is 18.7 Å². The Labute approximate surface area is 184 Å². The van der Waals surface area contributed by atoms with Gasteiger partial charge in [0.05, 0.1) is 12.7 Å². The summed E-state index contributed by atoms with van der Waals surface area (Å²) < 4.78 is 37.4. The number of amides is 1. The monoisotopic (exact) mass is 440 g/mol. The number of aromatic nitrogens is 2. The summed E-state index contributed by atoms with van der Waals surface area (Å²) >= 11 is 0. The SMILES string of the molecule is COc1ccccc1C(=O)N1CCN(c2cc(Oc3ccc(F)c(F)c3)ncn2)C[C@H]1C. The van der Waals surface area contributed by atoms with E-state index in [2.05, 4.69) is 9.97 Å². The fourth-order valence-electron chi connectivity index (χ4n) is 3.66. The second kappa shape index (κ2) is 9.17. The molecule has 1 amide bonds. The molecule has 3 aromatic rings. The number of ether oxygens (including phenoxy) is 2. The van der Waals surface area contributed by atoms with Gasteiger partial charge in [-0.05, 0) is 31.2 Å². The Morgan fingerprint density at radius 1 is 1.06 bits per heavy atom. The second-order valence-electron chi connectivity index (χ2n) is 7.39. The zero-order valence-electron chi connectivity index (χ0n) is 17.7. The molecule has 0 aliphatic carbocycles. The predicted molar refractivity (Wildman–Crippen MR) is 114 cm³/mol. The molecule has 0 saturated carbocycles. The van der Waals surface area contributed by atoms with Gasteiger partial charge >= 0.3 is 0 Å². The van der Waals surface area contributed by atoms with E-state index < -0.39 is 11.6 Å². The van der Waals surface area contributed by atoms with Crippen LogP contribution in [0.5, 0.6) is 17.4 Å². The van der Waals surface area contributed by atoms with Crippen molar-refractivity contribution in [3.8, 4) is 17.4 Å². The van der Waals surface area contributed by atoms with Crippen LogP contribution in [0.15, 0.2) is 54.9 Å². The number of carbonyl (C=O) groups excluding carboxylic acids is 1. The third-order valence-electron chi connectivity index (χ3n) is 5.29. The van der Waals surface area contributed by atoms with Crippen molar-refractivity contribution in [2.24, 2.45) is 0 Å². The van der Waals surface area contributed by atoms with Gasteiger partial charge in [0.1, 0.15) is 23.6 Å². The molecule has 2 heterocycles. The van der Waals surface area contributed by atoms with Crippen LogP contribution < -0.4 is 14.4 Å². The van der Waals surface area contributed by atoms with Crippen LogP contribution in [0.4, 0.5) is 14.6 Å². The van der Waals surface area contributed by atoms with E-state index in [-0.39, 0.29) is 23.6 Å². The van der Waals surface area contributed by atoms with Gasteiger partial charge in [0.2, 0.25) is 5.88 Å². The van der Waals surface area contributed by atoms with E-state index in [0.29, 0.717) is 36.8 Å². The van der Waals surface area contributed by atoms with Gasteiger partial charge in [-0.2, -0.15) is 0 Å². The van der Waals surface area contributed by atoms with Crippen LogP contribution in [0.25, 0.3) is 0 Å². The number of benzene rings is 2. The maximum atomic E-state index is 13.4. The van der Waals surface area contributed by atoms with Gasteiger partial charge in [-0.1, -0.05) is 12.1 Å². The topological polar surface area (TPSA) is 67.8 Å². The minimum Gasteiger partial charge on any atom is -0.496 e. The Kier molecular flexibility index (Phi) is 6.16. The van der Waals surface area contributed by atoms with E-state index in [4.69, 9.17) is 9.47 Å². The number of halogens is 2. The number of para-hydroxylation sites is 1. The lowest BCUT2D eigenvalue weighted by atomic mass is 10.1. The Morgan fingerprint density at radius 3 is 2.62 bits per heavy atom. The Balaban J connectivity index is 1.46. The first-order chi connectivity index (χ1) is 15.5. The first kappa shape index (κ1) is 21.5. The van der Waals surface area contributed by atoms with Gasteiger partial charge < -0.3 is 19.3 Å². The number of methoxy groups -OCH3 is 1. The molecule has 4 rings (SSSR count). The number of piperazine rings is 1. The highest BCUT2D eigenvalue weighted by Crippen LogP contribution is 2.26. The molecule has 0 N–H and O–H groups in total. The molecule has 1 atom stereocenters. The van der Waals surface area contributed by atoms with Gasteiger partial charge in [0.15, 0.2) is 11.6 Å². The Hall–Kier alpha value is -3.75. The van der Waals surface area contributed by atoms with Crippen molar-refractivity contribution in [3.05, 3.63) is 72.1 Å². The summed E-state index contributed by atoms with van der Waals surface area (Å²) in [7, 11) is 1.54. The molecule has 1 saturated heterocycles. The summed E-state index contributed by atoms with van der Waals surface area (Å²) in [5, 5.41) is 0. The Bertz CT molecular complexity index is 1130. The molecule has 1 fully saturated rings. The molecule has 1 aliphatic rings. The van der Waals surface area contributed by atoms with Crippen molar-refractivity contribution in [3.63, 3.8) is 0 Å². The van der Waals surface area contributed by atoms with Crippen LogP contribution in [0.3, 0.4) is 0 Å². The lowest BCUT2D eigenvalue weighted by Gasteiger charge is -2.40. The van der Waals surface area contributed by atoms with Crippen molar-refractivity contribution in [1.82, 2.24) is 14.9 Å². The number of carbonyl (C=O) groups is 1. The molecule has 7 nitrogen and oxygen atoms in total. The summed E-state index contributed by atoms with van der Waals surface area (Å²) in [5.74, 6) is -0.526. The zero-order chi connectivity index (χ0) is 22.7. The van der Waals surface area contributed by atoms with Gasteiger partial charge in [-0.3, -0.25) is 4.79 Å². The van der Waals surface area contributed by atoms with Crippen molar-refractivity contribution in [2.45, 2.75) is 13.0 Å². The summed E-state index contributed by atoms with van der Waals surface area (Å²) in [4.78, 5) is 25.3. The fourth-order valence-corrected chi connectivity index (χ4v) is 3.66. The van der Waals surface area contributed by atoms with Crippen LogP contribution >= 0.6 is 0 Å². The van der Waals surface area contributed by atoms with E-state index in [0.717, 1.165) is 12.1 Å². The third kappa shape index (κ3) is 4.46. The molecule has 0 bridgehead atoms. The second-order valence-corrected chi connectivity index (χ2v) is 7.39. The first-order valence-electron chi connectivity index (χ1n) is 10.1. The molecular weight excluding hydrogens is 418 g/mol. The molecule has 9 heteroatoms. The van der Waals surface area contributed by atoms with Gasteiger partial charge in [0, 0.05) is 37.8 Å². The van der Waals surface area contributed by atoms with Crippen LogP contribution in [0, 0.1) is 11.6 Å². The van der Waals surface area contributed by atoms with Crippen LogP contribution in [0.2, 0.25) is 0 Å². The van der Waals surface area contributed by atoms with Gasteiger partial charge in [0.25, 0.3) is 5.91 Å². The minimum atomic E-state index is -0.999. The summed E-state index contributed by atoms with van der Waals surface area (Å²) in [6, 6.07) is 12.0. The molecule has 0 unspecified atom stereocenters. The molecule has 0 spiro atoms. The average molecular weight is 440 g/mol. The fraction of sp³-hybridized carbons (Fsp3) is 0.261. The highest BCUT2D eigenvalue weighted by molar-refractivity contribution is 5.97. The highest BCUT2D eigenvalue weighted by Gasteiger charge is 2.30. The first-order valence-corrected chi connectivity index (χ1v) is 10.1. The summed E-state index contributed by atoms with van der Waals surface area (Å²) in [6.45, 7) is 3.59. The molecule has 166 valence electrons. The number of nitrogens with zero attached hydrogens (tertiary/aromatic N) is 4. The molecule has 1 aromatic heterocycles. The molecule has 2 aromatic carbocycles. The van der Waals surface area contributed by atoms with E-state index in [1.54, 1.807) is 25.3 Å². The predicted octanol–water partition coefficient (Wildman–Crippen LogP) is 3.91. The van der Waals surface area contributed by atoms with E-state index in [1.165, 1.54) is 12.4 Å². The maximum absolute atomic E-state index is 13.4. The Morgan fingerprint density at radius 2 is 1.88 bits per heavy atom. The quantitative estimate of drug-likeness (QED) is 0.599. The van der Waals surface area contributed by atoms with Crippen molar-refractivity contribution >= 4 is 11.7 Å². The molecule has 1 aliphatic heterocycles. The van der Waals surface area contributed by atoms with Crippen LogP contribution in [-0.2, 0) is 0 Å². The third-order valence-corrected chi connectivity index (χ3v) is 5.29. The summed E-state index contributed by atoms with van der Waals surface area (Å²) in [6.07, 6.45) is 1.35. The largest absolute Gasteiger partial charge is 0.496 e. The lowest BCUT2D eigenvalue weighted by molar-refractivity contribution is 0.0670. The number of hydrogen-bond donors (Lipinski definition) is 0. The normalized spacial score (nSPS) is 16.1. The zero-order valence-corrected chi connectivity index (χ0v) is 17.7. The van der Waals surface area contributed by atoms with E-state index >= 15 is 0 Å². The smallest absolute Gasteiger partial charge is 0.257 e. The molecule has 32 heavy (non-hydrogen) atoms. The lowest BCUT2D eigenvalue weighted by Crippen LogP contribution is -2.54. The number of rotatable bonds is 5. The summed E-state index contributed by atoms with van der Waals surface area (Å²) in [5.41, 5.74) is 0.527. The van der Waals surface area contributed by atoms with Crippen molar-refractivity contribution < 1.29 is 23.0 Å². The minimum absolute atomic E-state index is 0.0771. The van der Waals surface area contributed by atoms with Crippen LogP contribution in [0.1, 0.15) is 17.3 Å². The number of anilines is 1. The van der Waals surface area contributed by atoms with E-state index in [1.807, 2.05) is 28.9 Å². The molecular formula is C23H22F2N4O3. The molecule has 0 radical (unpaired) electrons. The number of hydrogen-bond acceptors (Lipinski definition) is 6. The highest BCUT2D eigenvalue weighted by atomic mass is 19.2. The van der Waals surface area contributed by atoms with Crippen LogP contribution in [-0.4, -0.2) is 53.6 Å². The average Bonchev–Trinajstić information content (AvgIpc) is 2.81.